The molecule has 0 saturated carbocycles. The molecule has 106 valence electrons. The largest absolute Gasteiger partial charge is 0.467 e. The van der Waals surface area contributed by atoms with Crippen molar-refractivity contribution in [3.8, 4) is 0 Å². The third-order valence-electron chi connectivity index (χ3n) is 3.20. The number of hydrogen-bond acceptors (Lipinski definition) is 4. The Morgan fingerprint density at radius 1 is 1.19 bits per heavy atom. The minimum Gasteiger partial charge on any atom is -0.467 e. The molecule has 2 aromatic heterocycles. The van der Waals surface area contributed by atoms with Gasteiger partial charge in [-0.1, -0.05) is 18.2 Å². The van der Waals surface area contributed by atoms with Gasteiger partial charge < -0.3 is 14.2 Å². The van der Waals surface area contributed by atoms with Crippen molar-refractivity contribution in [2.24, 2.45) is 0 Å². The molecule has 3 aromatic rings. The summed E-state index contributed by atoms with van der Waals surface area (Å²) in [5.41, 5.74) is -0.219. The van der Waals surface area contributed by atoms with E-state index in [1.807, 2.05) is 6.07 Å². The van der Waals surface area contributed by atoms with Crippen molar-refractivity contribution in [2.75, 3.05) is 0 Å². The zero-order valence-electron chi connectivity index (χ0n) is 11.3. The monoisotopic (exact) mass is 283 g/mol. The molecule has 0 saturated heterocycles. The molecule has 0 unspecified atom stereocenters. The van der Waals surface area contributed by atoms with Crippen molar-refractivity contribution >= 4 is 16.9 Å². The molecule has 1 aromatic carbocycles. The zero-order chi connectivity index (χ0) is 14.8. The average Bonchev–Trinajstić information content (AvgIpc) is 3.00. The van der Waals surface area contributed by atoms with Crippen LogP contribution in [0.4, 0.5) is 0 Å². The van der Waals surface area contributed by atoms with Gasteiger partial charge in [0.2, 0.25) is 0 Å². The number of carbonyl (C=O) groups excluding carboxylic acids is 1. The lowest BCUT2D eigenvalue weighted by molar-refractivity contribution is 0.0932. The van der Waals surface area contributed by atoms with E-state index >= 15 is 0 Å². The molecule has 5 nitrogen and oxygen atoms in total. The molecule has 0 radical (unpaired) electrons. The van der Waals surface area contributed by atoms with Crippen molar-refractivity contribution in [2.45, 2.75) is 13.0 Å². The number of fused-ring (bicyclic) bond motifs is 1. The summed E-state index contributed by atoms with van der Waals surface area (Å²) in [7, 11) is 0. The topological polar surface area (TPSA) is 72.5 Å². The van der Waals surface area contributed by atoms with Crippen molar-refractivity contribution in [3.63, 3.8) is 0 Å². The summed E-state index contributed by atoms with van der Waals surface area (Å²) in [6.45, 7) is 1.78. The summed E-state index contributed by atoms with van der Waals surface area (Å²) >= 11 is 0. The molecule has 0 spiro atoms. The van der Waals surface area contributed by atoms with E-state index in [4.69, 9.17) is 8.83 Å². The molecule has 0 aliphatic heterocycles. The lowest BCUT2D eigenvalue weighted by Gasteiger charge is -2.10. The smallest absolute Gasteiger partial charge is 0.349 e. The van der Waals surface area contributed by atoms with E-state index in [2.05, 4.69) is 5.32 Å². The molecular weight excluding hydrogens is 270 g/mol. The van der Waals surface area contributed by atoms with Gasteiger partial charge in [0.05, 0.1) is 12.3 Å². The second-order valence-electron chi connectivity index (χ2n) is 4.70. The highest BCUT2D eigenvalue weighted by atomic mass is 16.4. The number of amides is 1. The van der Waals surface area contributed by atoms with E-state index in [9.17, 15) is 9.59 Å². The average molecular weight is 283 g/mol. The number of nitrogens with one attached hydrogen (secondary N) is 1. The Labute approximate surface area is 120 Å². The maximum atomic E-state index is 12.2. The Hall–Kier alpha value is -2.82. The normalized spacial score (nSPS) is 12.2. The van der Waals surface area contributed by atoms with Gasteiger partial charge in [-0.3, -0.25) is 4.79 Å². The van der Waals surface area contributed by atoms with Crippen LogP contribution in [0.3, 0.4) is 0 Å². The number of para-hydroxylation sites is 1. The van der Waals surface area contributed by atoms with Crippen LogP contribution in [0.2, 0.25) is 0 Å². The Bertz CT molecular complexity index is 833. The Morgan fingerprint density at radius 3 is 2.76 bits per heavy atom. The molecule has 21 heavy (non-hydrogen) atoms. The van der Waals surface area contributed by atoms with Crippen LogP contribution >= 0.6 is 0 Å². The molecule has 2 heterocycles. The Balaban J connectivity index is 1.91. The predicted octanol–water partition coefficient (Wildman–Crippen LogP) is 2.88. The summed E-state index contributed by atoms with van der Waals surface area (Å²) in [6, 6.07) is 11.7. The molecule has 0 bridgehead atoms. The van der Waals surface area contributed by atoms with Crippen LogP contribution in [0.1, 0.15) is 29.1 Å². The fourth-order valence-electron chi connectivity index (χ4n) is 2.10. The van der Waals surface area contributed by atoms with Gasteiger partial charge in [-0.05, 0) is 31.2 Å². The number of hydrogen-bond donors (Lipinski definition) is 1. The first kappa shape index (κ1) is 13.2. The van der Waals surface area contributed by atoms with Gasteiger partial charge in [0, 0.05) is 5.39 Å². The van der Waals surface area contributed by atoms with Gasteiger partial charge >= 0.3 is 5.63 Å². The molecule has 1 N–H and O–H groups in total. The van der Waals surface area contributed by atoms with Crippen molar-refractivity contribution < 1.29 is 13.6 Å². The SMILES string of the molecule is C[C@H](NC(=O)c1cc2ccccc2oc1=O)c1ccco1. The predicted molar refractivity (Wildman–Crippen MR) is 77.1 cm³/mol. The van der Waals surface area contributed by atoms with Crippen molar-refractivity contribution in [1.29, 1.82) is 0 Å². The first-order valence-electron chi connectivity index (χ1n) is 6.52. The van der Waals surface area contributed by atoms with Crippen LogP contribution < -0.4 is 10.9 Å². The number of carbonyl (C=O) groups is 1. The standard InChI is InChI=1S/C16H13NO4/c1-10(13-7-4-8-20-13)17-15(18)12-9-11-5-2-3-6-14(11)21-16(12)19/h2-10H,1H3,(H,17,18)/t10-/m0/s1. The summed E-state index contributed by atoms with van der Waals surface area (Å²) in [4.78, 5) is 24.1. The van der Waals surface area contributed by atoms with Gasteiger partial charge in [-0.15, -0.1) is 0 Å². The van der Waals surface area contributed by atoms with E-state index < -0.39 is 11.5 Å². The molecular formula is C16H13NO4. The molecule has 0 fully saturated rings. The van der Waals surface area contributed by atoms with Gasteiger partial charge in [-0.2, -0.15) is 0 Å². The van der Waals surface area contributed by atoms with Gasteiger partial charge in [0.25, 0.3) is 5.91 Å². The molecule has 0 aliphatic carbocycles. The number of furan rings is 1. The van der Waals surface area contributed by atoms with E-state index in [0.717, 1.165) is 0 Å². The second-order valence-corrected chi connectivity index (χ2v) is 4.70. The van der Waals surface area contributed by atoms with E-state index in [1.54, 1.807) is 37.3 Å². The van der Waals surface area contributed by atoms with E-state index in [0.29, 0.717) is 16.7 Å². The van der Waals surface area contributed by atoms with Crippen LogP contribution in [-0.2, 0) is 0 Å². The lowest BCUT2D eigenvalue weighted by Crippen LogP contribution is -2.30. The molecule has 1 atom stereocenters. The maximum Gasteiger partial charge on any atom is 0.349 e. The highest BCUT2D eigenvalue weighted by Crippen LogP contribution is 2.15. The maximum absolute atomic E-state index is 12.2. The minimum atomic E-state index is -0.655. The van der Waals surface area contributed by atoms with Crippen LogP contribution in [-0.4, -0.2) is 5.91 Å². The fourth-order valence-corrected chi connectivity index (χ4v) is 2.10. The summed E-state index contributed by atoms with van der Waals surface area (Å²) in [5, 5.41) is 3.41. The Kier molecular flexibility index (Phi) is 3.31. The van der Waals surface area contributed by atoms with E-state index in [1.165, 1.54) is 12.3 Å². The summed E-state index contributed by atoms with van der Waals surface area (Å²) in [5.74, 6) is 0.131. The van der Waals surface area contributed by atoms with Crippen LogP contribution in [0, 0.1) is 0 Å². The zero-order valence-corrected chi connectivity index (χ0v) is 11.3. The quantitative estimate of drug-likeness (QED) is 0.750. The highest BCUT2D eigenvalue weighted by molar-refractivity contribution is 5.96. The van der Waals surface area contributed by atoms with Crippen LogP contribution in [0.15, 0.2) is 62.4 Å². The number of benzene rings is 1. The minimum absolute atomic E-state index is 0.0212. The van der Waals surface area contributed by atoms with Gasteiger partial charge in [0.1, 0.15) is 16.9 Å². The highest BCUT2D eigenvalue weighted by Gasteiger charge is 2.17. The summed E-state index contributed by atoms with van der Waals surface area (Å²) in [6.07, 6.45) is 1.53. The van der Waals surface area contributed by atoms with Crippen LogP contribution in [0.5, 0.6) is 0 Å². The van der Waals surface area contributed by atoms with E-state index in [-0.39, 0.29) is 11.6 Å². The fraction of sp³-hybridized carbons (Fsp3) is 0.125. The lowest BCUT2D eigenvalue weighted by atomic mass is 10.1. The molecule has 5 heteroatoms. The van der Waals surface area contributed by atoms with Crippen LogP contribution in [0.25, 0.3) is 11.0 Å². The first-order valence-corrected chi connectivity index (χ1v) is 6.52. The van der Waals surface area contributed by atoms with Crippen molar-refractivity contribution in [3.05, 3.63) is 70.5 Å². The van der Waals surface area contributed by atoms with Gasteiger partial charge in [0.15, 0.2) is 0 Å². The Morgan fingerprint density at radius 2 is 2.00 bits per heavy atom. The first-order chi connectivity index (χ1) is 10.1. The van der Waals surface area contributed by atoms with Crippen molar-refractivity contribution in [1.82, 2.24) is 5.32 Å². The van der Waals surface area contributed by atoms with Gasteiger partial charge in [-0.25, -0.2) is 4.79 Å². The second kappa shape index (κ2) is 5.28. The molecule has 0 aliphatic rings. The molecule has 3 rings (SSSR count). The summed E-state index contributed by atoms with van der Waals surface area (Å²) < 4.78 is 10.4. The molecule has 1 amide bonds. The third-order valence-corrected chi connectivity index (χ3v) is 3.20. The third kappa shape index (κ3) is 2.58. The number of rotatable bonds is 3.